The Balaban J connectivity index is 1.48. The molecule has 1 aliphatic rings. The number of rotatable bonds is 10. The molecule has 0 bridgehead atoms. The summed E-state index contributed by atoms with van der Waals surface area (Å²) in [6.45, 7) is -2.01. The van der Waals surface area contributed by atoms with E-state index < -0.39 is 95.7 Å². The molecule has 47 heavy (non-hydrogen) atoms. The van der Waals surface area contributed by atoms with Crippen LogP contribution in [-0.2, 0) is 23.7 Å². The van der Waals surface area contributed by atoms with Crippen LogP contribution in [0.1, 0.15) is 41.4 Å². The van der Waals surface area contributed by atoms with E-state index in [4.69, 9.17) is 23.7 Å². The largest absolute Gasteiger partial charge is 0.459 e. The zero-order valence-corrected chi connectivity index (χ0v) is 23.7. The third-order valence-electron chi connectivity index (χ3n) is 6.56. The highest BCUT2D eigenvalue weighted by atomic mass is 19.1. The lowest BCUT2D eigenvalue weighted by Crippen LogP contribution is -2.51. The Labute approximate surface area is 262 Å². The Morgan fingerprint density at radius 3 is 1.79 bits per heavy atom. The molecule has 4 atom stereocenters. The molecule has 4 aromatic rings. The van der Waals surface area contributed by atoms with Gasteiger partial charge in [0.05, 0.1) is 5.56 Å². The topological polar surface area (TPSA) is 186 Å². The van der Waals surface area contributed by atoms with Crippen LogP contribution in [0.25, 0.3) is 0 Å². The zero-order valence-electron chi connectivity index (χ0n) is 23.7. The highest BCUT2D eigenvalue weighted by Crippen LogP contribution is 2.36. The van der Waals surface area contributed by atoms with Crippen LogP contribution in [-0.4, -0.2) is 86.2 Å². The van der Waals surface area contributed by atoms with Crippen LogP contribution in [0.2, 0.25) is 0 Å². The van der Waals surface area contributed by atoms with E-state index in [9.17, 15) is 37.5 Å². The molecule has 14 nitrogen and oxygen atoms in total. The molecule has 242 valence electrons. The van der Waals surface area contributed by atoms with E-state index in [0.29, 0.717) is 0 Å². The summed E-state index contributed by atoms with van der Waals surface area (Å²) in [6.07, 6.45) is -0.161. The van der Waals surface area contributed by atoms with E-state index in [-0.39, 0.29) is 5.56 Å². The van der Waals surface area contributed by atoms with Crippen LogP contribution in [0.3, 0.4) is 0 Å². The maximum absolute atomic E-state index is 14.4. The molecule has 0 saturated carbocycles. The summed E-state index contributed by atoms with van der Waals surface area (Å²) < 4.78 is 69.5. The predicted octanol–water partition coefficient (Wildman–Crippen LogP) is 2.24. The van der Waals surface area contributed by atoms with E-state index in [1.807, 2.05) is 0 Å². The van der Waals surface area contributed by atoms with Crippen LogP contribution in [0.5, 0.6) is 0 Å². The van der Waals surface area contributed by atoms with Crippen molar-refractivity contribution < 1.29 is 61.1 Å². The standard InChI is InChI=1S/C30H21F3N4O10/c31-23-17(6-2-10-35-23)27(39)43-14-20-21(45-28(40)18-7-3-11-36-24(18)32)22(46-29(41)19-8-4-12-37-25(19)33)30(42,47-20)15-44-26(38)16-5-1-9-34-13-16/h1-13,20-22,42H,14-15H2/t20-,21-,22+,30-/m1/s1. The predicted molar refractivity (Wildman–Crippen MR) is 146 cm³/mol. The van der Waals surface area contributed by atoms with Crippen LogP contribution < -0.4 is 0 Å². The van der Waals surface area contributed by atoms with Gasteiger partial charge in [0.1, 0.15) is 36.0 Å². The second-order valence-corrected chi connectivity index (χ2v) is 9.64. The third kappa shape index (κ3) is 7.37. The number of carbonyl (C=O) groups excluding carboxylic acids is 4. The van der Waals surface area contributed by atoms with Crippen molar-refractivity contribution in [3.8, 4) is 0 Å². The lowest BCUT2D eigenvalue weighted by Gasteiger charge is -2.29. The van der Waals surface area contributed by atoms with Gasteiger partial charge in [0, 0.05) is 31.0 Å². The molecule has 0 aromatic carbocycles. The fourth-order valence-electron chi connectivity index (χ4n) is 4.34. The van der Waals surface area contributed by atoms with E-state index in [1.165, 1.54) is 36.5 Å². The van der Waals surface area contributed by atoms with Crippen molar-refractivity contribution in [2.75, 3.05) is 13.2 Å². The summed E-state index contributed by atoms with van der Waals surface area (Å²) >= 11 is 0. The first-order valence-electron chi connectivity index (χ1n) is 13.5. The summed E-state index contributed by atoms with van der Waals surface area (Å²) in [7, 11) is 0. The number of hydrogen-bond donors (Lipinski definition) is 1. The molecule has 0 spiro atoms. The molecule has 4 aromatic heterocycles. The molecule has 5 rings (SSSR count). The Morgan fingerprint density at radius 1 is 0.723 bits per heavy atom. The molecule has 1 N–H and O–H groups in total. The molecule has 1 saturated heterocycles. The van der Waals surface area contributed by atoms with Crippen LogP contribution in [0, 0.1) is 17.8 Å². The number of hydrogen-bond acceptors (Lipinski definition) is 14. The normalized spacial score (nSPS) is 20.2. The molecule has 0 aliphatic carbocycles. The minimum absolute atomic E-state index is 0.0564. The van der Waals surface area contributed by atoms with Gasteiger partial charge in [0.25, 0.3) is 0 Å². The Morgan fingerprint density at radius 2 is 1.26 bits per heavy atom. The third-order valence-corrected chi connectivity index (χ3v) is 6.56. The quantitative estimate of drug-likeness (QED) is 0.149. The highest BCUT2D eigenvalue weighted by Gasteiger charge is 2.60. The van der Waals surface area contributed by atoms with Crippen LogP contribution in [0.15, 0.2) is 79.5 Å². The Hall–Kier alpha value is -5.81. The van der Waals surface area contributed by atoms with Gasteiger partial charge in [-0.1, -0.05) is 0 Å². The maximum Gasteiger partial charge on any atom is 0.343 e. The summed E-state index contributed by atoms with van der Waals surface area (Å²) in [6, 6.07) is 9.49. The van der Waals surface area contributed by atoms with Gasteiger partial charge >= 0.3 is 23.9 Å². The molecule has 17 heteroatoms. The van der Waals surface area contributed by atoms with Gasteiger partial charge in [-0.05, 0) is 48.5 Å². The number of ether oxygens (including phenoxy) is 5. The second kappa shape index (κ2) is 14.1. The van der Waals surface area contributed by atoms with Crippen molar-refractivity contribution in [1.29, 1.82) is 0 Å². The number of pyridine rings is 4. The van der Waals surface area contributed by atoms with E-state index in [1.54, 1.807) is 0 Å². The number of halogens is 3. The molecule has 0 amide bonds. The van der Waals surface area contributed by atoms with Crippen molar-refractivity contribution in [2.45, 2.75) is 24.1 Å². The van der Waals surface area contributed by atoms with Crippen LogP contribution in [0.4, 0.5) is 13.2 Å². The van der Waals surface area contributed by atoms with Crippen LogP contribution >= 0.6 is 0 Å². The molecular weight excluding hydrogens is 633 g/mol. The van der Waals surface area contributed by atoms with E-state index in [0.717, 1.165) is 43.0 Å². The van der Waals surface area contributed by atoms with Gasteiger partial charge in [0.2, 0.25) is 23.6 Å². The van der Waals surface area contributed by atoms with Gasteiger partial charge in [-0.2, -0.15) is 13.2 Å². The molecule has 0 unspecified atom stereocenters. The first-order valence-corrected chi connectivity index (χ1v) is 13.5. The molecule has 5 heterocycles. The average molecular weight is 655 g/mol. The first-order chi connectivity index (χ1) is 22.6. The lowest BCUT2D eigenvalue weighted by molar-refractivity contribution is -0.247. The number of aromatic nitrogens is 4. The summed E-state index contributed by atoms with van der Waals surface area (Å²) in [4.78, 5) is 65.3. The smallest absolute Gasteiger partial charge is 0.343 e. The van der Waals surface area contributed by atoms with Crippen molar-refractivity contribution >= 4 is 23.9 Å². The fourth-order valence-corrected chi connectivity index (χ4v) is 4.34. The summed E-state index contributed by atoms with van der Waals surface area (Å²) in [5.41, 5.74) is -2.05. The number of esters is 4. The average Bonchev–Trinajstić information content (AvgIpc) is 3.33. The number of carbonyl (C=O) groups is 4. The monoisotopic (exact) mass is 654 g/mol. The minimum atomic E-state index is -2.87. The fraction of sp³-hybridized carbons (Fsp3) is 0.200. The summed E-state index contributed by atoms with van der Waals surface area (Å²) in [5.74, 6) is -11.7. The van der Waals surface area contributed by atoms with E-state index >= 15 is 0 Å². The van der Waals surface area contributed by atoms with Gasteiger partial charge < -0.3 is 28.8 Å². The SMILES string of the molecule is O=C(OC[C@@]1(O)O[C@H](COC(=O)c2cccnc2F)[C@@H](OC(=O)c2cccnc2F)[C@@H]1OC(=O)c1cccnc1F)c1cccnc1. The van der Waals surface area contributed by atoms with Crippen molar-refractivity contribution in [3.05, 3.63) is 120 Å². The van der Waals surface area contributed by atoms with Gasteiger partial charge in [-0.15, -0.1) is 0 Å². The molecule has 0 radical (unpaired) electrons. The zero-order chi connectivity index (χ0) is 33.6. The van der Waals surface area contributed by atoms with Gasteiger partial charge in [-0.25, -0.2) is 34.1 Å². The molecule has 1 fully saturated rings. The number of nitrogens with zero attached hydrogens (tertiary/aromatic N) is 4. The lowest BCUT2D eigenvalue weighted by atomic mass is 10.0. The second-order valence-electron chi connectivity index (χ2n) is 9.64. The van der Waals surface area contributed by atoms with Crippen molar-refractivity contribution in [2.24, 2.45) is 0 Å². The Bertz CT molecular complexity index is 1800. The van der Waals surface area contributed by atoms with E-state index in [2.05, 4.69) is 19.9 Å². The van der Waals surface area contributed by atoms with Gasteiger partial charge in [0.15, 0.2) is 12.2 Å². The highest BCUT2D eigenvalue weighted by molar-refractivity contribution is 5.91. The Kier molecular flexibility index (Phi) is 9.77. The molecule has 1 aliphatic heterocycles. The summed E-state index contributed by atoms with van der Waals surface area (Å²) in [5, 5.41) is 11.6. The van der Waals surface area contributed by atoms with Crippen molar-refractivity contribution in [3.63, 3.8) is 0 Å². The molecular formula is C30H21F3N4O10. The number of aliphatic hydroxyl groups is 1. The maximum atomic E-state index is 14.4. The van der Waals surface area contributed by atoms with Crippen molar-refractivity contribution in [1.82, 2.24) is 19.9 Å². The first kappa shape index (κ1) is 32.6. The minimum Gasteiger partial charge on any atom is -0.459 e. The van der Waals surface area contributed by atoms with Gasteiger partial charge in [-0.3, -0.25) is 4.98 Å².